The normalized spacial score (nSPS) is 15.7. The number of piperidine rings is 1. The van der Waals surface area contributed by atoms with Crippen molar-refractivity contribution in [2.45, 2.75) is 31.8 Å². The van der Waals surface area contributed by atoms with E-state index in [9.17, 15) is 14.3 Å². The number of thiophene rings is 1. The van der Waals surface area contributed by atoms with Gasteiger partial charge in [-0.3, -0.25) is 9.69 Å². The maximum Gasteiger partial charge on any atom is 0.254 e. The van der Waals surface area contributed by atoms with Gasteiger partial charge in [-0.05, 0) is 67.4 Å². The molecule has 1 aliphatic rings. The van der Waals surface area contributed by atoms with Gasteiger partial charge in [0.2, 0.25) is 0 Å². The number of hydrogen-bond donors (Lipinski definition) is 1. The Balaban J connectivity index is 1.48. The molecule has 34 heavy (non-hydrogen) atoms. The number of phenolic OH excluding ortho intramolecular Hbond substituents is 1. The number of amides is 1. The molecule has 1 aromatic heterocycles. The SMILES string of the molecule is COc1cccc(CN2CCC([C@@H](Cc3ccccc3F)N(C)C(=O)c3ccsc3)CC2)c1O. The predicted molar refractivity (Wildman–Crippen MR) is 133 cm³/mol. The van der Waals surface area contributed by atoms with Crippen LogP contribution >= 0.6 is 11.3 Å². The smallest absolute Gasteiger partial charge is 0.254 e. The van der Waals surface area contributed by atoms with Crippen LogP contribution < -0.4 is 4.74 Å². The fourth-order valence-corrected chi connectivity index (χ4v) is 5.48. The molecule has 7 heteroatoms. The Morgan fingerprint density at radius 2 is 1.91 bits per heavy atom. The first-order valence-corrected chi connectivity index (χ1v) is 12.5. The number of ether oxygens (including phenoxy) is 1. The largest absolute Gasteiger partial charge is 0.504 e. The van der Waals surface area contributed by atoms with Crippen molar-refractivity contribution in [3.63, 3.8) is 0 Å². The van der Waals surface area contributed by atoms with Crippen LogP contribution in [0.2, 0.25) is 0 Å². The second-order valence-electron chi connectivity index (χ2n) is 8.87. The minimum atomic E-state index is -0.227. The van der Waals surface area contributed by atoms with Gasteiger partial charge in [0, 0.05) is 30.6 Å². The fourth-order valence-electron chi connectivity index (χ4n) is 4.85. The lowest BCUT2D eigenvalue weighted by molar-refractivity contribution is 0.0583. The van der Waals surface area contributed by atoms with Crippen LogP contribution in [0.4, 0.5) is 4.39 Å². The zero-order chi connectivity index (χ0) is 24.1. The molecule has 1 fully saturated rings. The van der Waals surface area contributed by atoms with E-state index in [0.29, 0.717) is 29.8 Å². The number of phenols is 1. The van der Waals surface area contributed by atoms with Gasteiger partial charge in [0.15, 0.2) is 11.5 Å². The van der Waals surface area contributed by atoms with Gasteiger partial charge in [-0.25, -0.2) is 4.39 Å². The van der Waals surface area contributed by atoms with E-state index in [4.69, 9.17) is 4.74 Å². The van der Waals surface area contributed by atoms with Gasteiger partial charge in [0.05, 0.1) is 12.7 Å². The predicted octanol–water partition coefficient (Wildman–Crippen LogP) is 5.20. The average molecular weight is 483 g/mol. The number of nitrogens with zero attached hydrogens (tertiary/aromatic N) is 2. The van der Waals surface area contributed by atoms with Crippen LogP contribution in [-0.2, 0) is 13.0 Å². The molecule has 4 rings (SSSR count). The van der Waals surface area contributed by atoms with E-state index in [1.165, 1.54) is 17.4 Å². The first kappa shape index (κ1) is 24.2. The molecule has 2 aromatic carbocycles. The monoisotopic (exact) mass is 482 g/mol. The van der Waals surface area contributed by atoms with Crippen LogP contribution in [0.25, 0.3) is 0 Å². The van der Waals surface area contributed by atoms with Gasteiger partial charge >= 0.3 is 0 Å². The van der Waals surface area contributed by atoms with E-state index in [-0.39, 0.29) is 29.4 Å². The molecule has 0 unspecified atom stereocenters. The highest BCUT2D eigenvalue weighted by atomic mass is 32.1. The van der Waals surface area contributed by atoms with Crippen LogP contribution in [0.5, 0.6) is 11.5 Å². The summed E-state index contributed by atoms with van der Waals surface area (Å²) in [6.45, 7) is 2.32. The van der Waals surface area contributed by atoms with Gasteiger partial charge in [0.25, 0.3) is 5.91 Å². The third-order valence-corrected chi connectivity index (χ3v) is 7.53. The third-order valence-electron chi connectivity index (χ3n) is 6.85. The minimum Gasteiger partial charge on any atom is -0.504 e. The molecule has 1 atom stereocenters. The molecule has 0 saturated carbocycles. The summed E-state index contributed by atoms with van der Waals surface area (Å²) in [5.41, 5.74) is 2.16. The number of carbonyl (C=O) groups is 1. The lowest BCUT2D eigenvalue weighted by Crippen LogP contribution is -2.47. The zero-order valence-corrected chi connectivity index (χ0v) is 20.4. The van der Waals surface area contributed by atoms with Crippen LogP contribution in [0.1, 0.15) is 34.3 Å². The van der Waals surface area contributed by atoms with E-state index >= 15 is 0 Å². The molecular formula is C27H31FN2O3S. The van der Waals surface area contributed by atoms with Crippen molar-refractivity contribution in [1.29, 1.82) is 0 Å². The van der Waals surface area contributed by atoms with Gasteiger partial charge in [-0.15, -0.1) is 0 Å². The highest BCUT2D eigenvalue weighted by Crippen LogP contribution is 2.33. The molecular weight excluding hydrogens is 451 g/mol. The molecule has 5 nitrogen and oxygen atoms in total. The van der Waals surface area contributed by atoms with E-state index in [0.717, 1.165) is 31.5 Å². The molecule has 180 valence electrons. The first-order chi connectivity index (χ1) is 16.5. The van der Waals surface area contributed by atoms with E-state index in [1.54, 1.807) is 19.2 Å². The summed E-state index contributed by atoms with van der Waals surface area (Å²) in [6.07, 6.45) is 2.27. The second-order valence-corrected chi connectivity index (χ2v) is 9.65. The van der Waals surface area contributed by atoms with Crippen LogP contribution in [-0.4, -0.2) is 54.1 Å². The summed E-state index contributed by atoms with van der Waals surface area (Å²) in [7, 11) is 3.39. The van der Waals surface area contributed by atoms with Gasteiger partial charge in [-0.1, -0.05) is 30.3 Å². The Morgan fingerprint density at radius 1 is 1.18 bits per heavy atom. The highest BCUT2D eigenvalue weighted by Gasteiger charge is 2.32. The molecule has 1 aliphatic heterocycles. The summed E-state index contributed by atoms with van der Waals surface area (Å²) in [5, 5.41) is 14.2. The number of benzene rings is 2. The second kappa shape index (κ2) is 11.0. The molecule has 1 N–H and O–H groups in total. The lowest BCUT2D eigenvalue weighted by atomic mass is 9.84. The number of likely N-dealkylation sites (N-methyl/N-ethyl adjacent to an activating group) is 1. The molecule has 1 saturated heterocycles. The van der Waals surface area contributed by atoms with Crippen molar-refractivity contribution in [3.8, 4) is 11.5 Å². The summed E-state index contributed by atoms with van der Waals surface area (Å²) in [6, 6.07) is 14.1. The number of aromatic hydroxyl groups is 1. The number of rotatable bonds is 8. The molecule has 0 spiro atoms. The molecule has 2 heterocycles. The standard InChI is InChI=1S/C27H31FN2O3S/c1-29(27(32)22-12-15-34-18-22)24(16-20-6-3-4-8-23(20)28)19-10-13-30(14-11-19)17-21-7-5-9-25(33-2)26(21)31/h3-9,12,15,18-19,24,31H,10-11,13-14,16-17H2,1-2H3/t24-/m1/s1. The lowest BCUT2D eigenvalue weighted by Gasteiger charge is -2.40. The van der Waals surface area contributed by atoms with Gasteiger partial charge in [-0.2, -0.15) is 11.3 Å². The van der Waals surface area contributed by atoms with Crippen molar-refractivity contribution in [1.82, 2.24) is 9.80 Å². The number of carbonyl (C=O) groups excluding carboxylic acids is 1. The topological polar surface area (TPSA) is 53.0 Å². The van der Waals surface area contributed by atoms with Crippen LogP contribution in [0, 0.1) is 11.7 Å². The molecule has 0 radical (unpaired) electrons. The summed E-state index contributed by atoms with van der Waals surface area (Å²) >= 11 is 1.50. The number of likely N-dealkylation sites (tertiary alicyclic amines) is 1. The highest BCUT2D eigenvalue weighted by molar-refractivity contribution is 7.08. The number of para-hydroxylation sites is 1. The molecule has 0 bridgehead atoms. The quantitative estimate of drug-likeness (QED) is 0.480. The minimum absolute atomic E-state index is 0.0219. The zero-order valence-electron chi connectivity index (χ0n) is 19.6. The Hall–Kier alpha value is -2.90. The number of methoxy groups -OCH3 is 1. The molecule has 1 amide bonds. The van der Waals surface area contributed by atoms with Gasteiger partial charge in [0.1, 0.15) is 5.82 Å². The van der Waals surface area contributed by atoms with E-state index in [1.807, 2.05) is 53.0 Å². The summed E-state index contributed by atoms with van der Waals surface area (Å²) in [4.78, 5) is 17.3. The fraction of sp³-hybridized carbons (Fsp3) is 0.370. The van der Waals surface area contributed by atoms with Gasteiger partial charge < -0.3 is 14.7 Å². The number of halogens is 1. The van der Waals surface area contributed by atoms with E-state index < -0.39 is 0 Å². The van der Waals surface area contributed by atoms with Crippen molar-refractivity contribution < 1.29 is 19.0 Å². The molecule has 0 aliphatic carbocycles. The summed E-state index contributed by atoms with van der Waals surface area (Å²) in [5.74, 6) is 0.667. The number of hydrogen-bond acceptors (Lipinski definition) is 5. The molecule has 3 aromatic rings. The van der Waals surface area contributed by atoms with Crippen molar-refractivity contribution in [2.24, 2.45) is 5.92 Å². The van der Waals surface area contributed by atoms with E-state index in [2.05, 4.69) is 4.90 Å². The Morgan fingerprint density at radius 3 is 2.59 bits per heavy atom. The average Bonchev–Trinajstić information content (AvgIpc) is 3.40. The maximum absolute atomic E-state index is 14.5. The van der Waals surface area contributed by atoms with Crippen LogP contribution in [0.3, 0.4) is 0 Å². The van der Waals surface area contributed by atoms with Crippen molar-refractivity contribution >= 4 is 17.2 Å². The van der Waals surface area contributed by atoms with Crippen molar-refractivity contribution in [2.75, 3.05) is 27.2 Å². The first-order valence-electron chi connectivity index (χ1n) is 11.6. The Labute approximate surface area is 204 Å². The summed E-state index contributed by atoms with van der Waals surface area (Å²) < 4.78 is 19.7. The van der Waals surface area contributed by atoms with Crippen LogP contribution in [0.15, 0.2) is 59.3 Å². The van der Waals surface area contributed by atoms with Crippen molar-refractivity contribution in [3.05, 3.63) is 81.8 Å². The maximum atomic E-state index is 14.5. The Kier molecular flexibility index (Phi) is 7.85. The Bertz CT molecular complexity index is 1100. The third kappa shape index (κ3) is 5.42.